The number of carbonyl (C=O) groups is 1. The zero-order valence-corrected chi connectivity index (χ0v) is 16.5. The first-order chi connectivity index (χ1) is 13.7. The molecule has 28 heavy (non-hydrogen) atoms. The molecule has 0 atom stereocenters. The van der Waals surface area contributed by atoms with Gasteiger partial charge in [0.1, 0.15) is 17.2 Å². The summed E-state index contributed by atoms with van der Waals surface area (Å²) in [7, 11) is 0. The monoisotopic (exact) mass is 395 g/mol. The smallest absolute Gasteiger partial charge is 0.350 e. The lowest BCUT2D eigenvalue weighted by molar-refractivity contribution is 0.0531. The van der Waals surface area contributed by atoms with Gasteiger partial charge in [-0.1, -0.05) is 53.8 Å². The lowest BCUT2D eigenvalue weighted by Gasteiger charge is -2.08. The third kappa shape index (κ3) is 5.17. The van der Waals surface area contributed by atoms with Crippen molar-refractivity contribution >= 4 is 28.7 Å². The number of hydrazone groups is 1. The number of nitrogens with zero attached hydrogens (tertiary/aromatic N) is 2. The number of ether oxygens (including phenoxy) is 2. The van der Waals surface area contributed by atoms with Gasteiger partial charge in [-0.25, -0.2) is 9.78 Å². The van der Waals surface area contributed by atoms with Crippen LogP contribution >= 0.6 is 11.3 Å². The van der Waals surface area contributed by atoms with E-state index in [9.17, 15) is 4.79 Å². The number of carbonyl (C=O) groups excluding carboxylic acids is 1. The topological polar surface area (TPSA) is 72.8 Å². The maximum atomic E-state index is 11.9. The largest absolute Gasteiger partial charge is 0.488 e. The van der Waals surface area contributed by atoms with Gasteiger partial charge in [0.15, 0.2) is 0 Å². The second-order valence-corrected chi connectivity index (χ2v) is 6.84. The van der Waals surface area contributed by atoms with E-state index in [0.29, 0.717) is 28.9 Å². The molecule has 6 nitrogen and oxygen atoms in total. The number of para-hydroxylation sites is 1. The zero-order chi connectivity index (χ0) is 19.8. The number of anilines is 1. The summed E-state index contributed by atoms with van der Waals surface area (Å²) in [6.45, 7) is 4.35. The molecule has 0 amide bonds. The molecule has 3 rings (SSSR count). The highest BCUT2D eigenvalue weighted by molar-refractivity contribution is 7.17. The fourth-order valence-corrected chi connectivity index (χ4v) is 3.25. The number of thiazole rings is 1. The van der Waals surface area contributed by atoms with E-state index < -0.39 is 0 Å². The molecular weight excluding hydrogens is 374 g/mol. The molecule has 0 radical (unpaired) electrons. The highest BCUT2D eigenvalue weighted by Crippen LogP contribution is 2.23. The van der Waals surface area contributed by atoms with Crippen LogP contribution in [0.4, 0.5) is 5.13 Å². The maximum Gasteiger partial charge on any atom is 0.350 e. The molecule has 1 N–H and O–H groups in total. The van der Waals surface area contributed by atoms with E-state index in [-0.39, 0.29) is 5.97 Å². The number of hydrogen-bond donors (Lipinski definition) is 1. The molecule has 0 aliphatic carbocycles. The predicted molar refractivity (Wildman–Crippen MR) is 111 cm³/mol. The molecule has 0 unspecified atom stereocenters. The van der Waals surface area contributed by atoms with Crippen LogP contribution in [0, 0.1) is 6.92 Å². The zero-order valence-electron chi connectivity index (χ0n) is 15.7. The standard InChI is InChI=1S/C21H21N3O3S/c1-3-26-20(25)19-15(2)23-21(28-19)24-22-13-17-11-7-8-12-18(17)27-14-16-9-5-4-6-10-16/h4-13H,3,14H2,1-2H3,(H,23,24)/b22-13-. The van der Waals surface area contributed by atoms with E-state index in [4.69, 9.17) is 9.47 Å². The number of esters is 1. The van der Waals surface area contributed by atoms with Gasteiger partial charge in [-0.3, -0.25) is 5.43 Å². The van der Waals surface area contributed by atoms with Gasteiger partial charge < -0.3 is 9.47 Å². The molecule has 0 aliphatic rings. The van der Waals surface area contributed by atoms with Crippen molar-refractivity contribution in [2.75, 3.05) is 12.0 Å². The van der Waals surface area contributed by atoms with E-state index in [1.807, 2.05) is 54.6 Å². The van der Waals surface area contributed by atoms with Crippen LogP contribution in [0.15, 0.2) is 59.7 Å². The van der Waals surface area contributed by atoms with Crippen LogP contribution in [0.1, 0.15) is 33.4 Å². The summed E-state index contributed by atoms with van der Waals surface area (Å²) in [4.78, 5) is 16.7. The van der Waals surface area contributed by atoms with Gasteiger partial charge in [0.05, 0.1) is 18.5 Å². The number of aryl methyl sites for hydroxylation is 1. The first-order valence-electron chi connectivity index (χ1n) is 8.86. The van der Waals surface area contributed by atoms with Crippen molar-refractivity contribution in [1.82, 2.24) is 4.98 Å². The Morgan fingerprint density at radius 2 is 1.93 bits per heavy atom. The molecule has 1 aromatic heterocycles. The minimum absolute atomic E-state index is 0.330. The van der Waals surface area contributed by atoms with Crippen molar-refractivity contribution in [1.29, 1.82) is 0 Å². The summed E-state index contributed by atoms with van der Waals surface area (Å²) in [5.74, 6) is 0.369. The average Bonchev–Trinajstić information content (AvgIpc) is 3.09. The van der Waals surface area contributed by atoms with Crippen LogP contribution in [0.25, 0.3) is 0 Å². The van der Waals surface area contributed by atoms with Crippen molar-refractivity contribution in [2.24, 2.45) is 5.10 Å². The van der Waals surface area contributed by atoms with Gasteiger partial charge in [0, 0.05) is 5.56 Å². The summed E-state index contributed by atoms with van der Waals surface area (Å²) in [6, 6.07) is 17.6. The lowest BCUT2D eigenvalue weighted by Crippen LogP contribution is -2.03. The average molecular weight is 395 g/mol. The second kappa shape index (κ2) is 9.66. The van der Waals surface area contributed by atoms with Crippen LogP contribution in [0.3, 0.4) is 0 Å². The number of aromatic nitrogens is 1. The van der Waals surface area contributed by atoms with Crippen LogP contribution < -0.4 is 10.2 Å². The second-order valence-electron chi connectivity index (χ2n) is 5.84. The molecule has 7 heteroatoms. The Morgan fingerprint density at radius 3 is 2.71 bits per heavy atom. The number of hydrogen-bond acceptors (Lipinski definition) is 7. The Kier molecular flexibility index (Phi) is 6.75. The highest BCUT2D eigenvalue weighted by Gasteiger charge is 2.15. The van der Waals surface area contributed by atoms with Crippen molar-refractivity contribution in [2.45, 2.75) is 20.5 Å². The van der Waals surface area contributed by atoms with Gasteiger partial charge in [-0.05, 0) is 31.5 Å². The molecule has 0 saturated heterocycles. The van der Waals surface area contributed by atoms with Gasteiger partial charge in [0.2, 0.25) is 5.13 Å². The molecule has 0 saturated carbocycles. The third-order valence-electron chi connectivity index (χ3n) is 3.78. The Balaban J connectivity index is 1.65. The Hall–Kier alpha value is -3.19. The van der Waals surface area contributed by atoms with Crippen molar-refractivity contribution < 1.29 is 14.3 Å². The summed E-state index contributed by atoms with van der Waals surface area (Å²) in [5, 5.41) is 4.76. The molecule has 1 heterocycles. The molecule has 144 valence electrons. The number of nitrogens with one attached hydrogen (secondary N) is 1. The fraction of sp³-hybridized carbons (Fsp3) is 0.190. The molecule has 0 fully saturated rings. The minimum Gasteiger partial charge on any atom is -0.488 e. The van der Waals surface area contributed by atoms with Crippen LogP contribution in [-0.2, 0) is 11.3 Å². The molecule has 2 aromatic carbocycles. The van der Waals surface area contributed by atoms with E-state index >= 15 is 0 Å². The minimum atomic E-state index is -0.366. The molecule has 0 bridgehead atoms. The third-order valence-corrected chi connectivity index (χ3v) is 4.82. The van der Waals surface area contributed by atoms with E-state index in [1.165, 1.54) is 11.3 Å². The van der Waals surface area contributed by atoms with E-state index in [2.05, 4.69) is 15.5 Å². The lowest BCUT2D eigenvalue weighted by atomic mass is 10.2. The number of benzene rings is 2. The molecule has 0 aliphatic heterocycles. The normalized spacial score (nSPS) is 10.8. The van der Waals surface area contributed by atoms with Crippen LogP contribution in [0.5, 0.6) is 5.75 Å². The molecule has 0 spiro atoms. The van der Waals surface area contributed by atoms with Gasteiger partial charge >= 0.3 is 5.97 Å². The Labute approximate surface area is 167 Å². The molecular formula is C21H21N3O3S. The first-order valence-corrected chi connectivity index (χ1v) is 9.68. The van der Waals surface area contributed by atoms with Crippen molar-refractivity contribution in [3.05, 3.63) is 76.3 Å². The van der Waals surface area contributed by atoms with Crippen LogP contribution in [-0.4, -0.2) is 23.8 Å². The Bertz CT molecular complexity index is 955. The summed E-state index contributed by atoms with van der Waals surface area (Å²) in [5.41, 5.74) is 5.42. The highest BCUT2D eigenvalue weighted by atomic mass is 32.1. The van der Waals surface area contributed by atoms with Gasteiger partial charge in [-0.15, -0.1) is 0 Å². The predicted octanol–water partition coefficient (Wildman–Crippen LogP) is 4.65. The van der Waals surface area contributed by atoms with E-state index in [1.54, 1.807) is 20.1 Å². The van der Waals surface area contributed by atoms with E-state index in [0.717, 1.165) is 16.9 Å². The van der Waals surface area contributed by atoms with Gasteiger partial charge in [-0.2, -0.15) is 5.10 Å². The Morgan fingerprint density at radius 1 is 1.18 bits per heavy atom. The first kappa shape index (κ1) is 19.6. The van der Waals surface area contributed by atoms with Crippen molar-refractivity contribution in [3.8, 4) is 5.75 Å². The van der Waals surface area contributed by atoms with Gasteiger partial charge in [0.25, 0.3) is 0 Å². The quantitative estimate of drug-likeness (QED) is 0.341. The maximum absolute atomic E-state index is 11.9. The summed E-state index contributed by atoms with van der Waals surface area (Å²) < 4.78 is 10.9. The summed E-state index contributed by atoms with van der Waals surface area (Å²) in [6.07, 6.45) is 1.67. The van der Waals surface area contributed by atoms with Crippen molar-refractivity contribution in [3.63, 3.8) is 0 Å². The van der Waals surface area contributed by atoms with Crippen LogP contribution in [0.2, 0.25) is 0 Å². The SMILES string of the molecule is CCOC(=O)c1sc(N/N=C\c2ccccc2OCc2ccccc2)nc1C. The molecule has 3 aromatic rings. The summed E-state index contributed by atoms with van der Waals surface area (Å²) >= 11 is 1.21. The number of rotatable bonds is 8. The fourth-order valence-electron chi connectivity index (χ4n) is 2.44.